The van der Waals surface area contributed by atoms with Gasteiger partial charge >= 0.3 is 0 Å². The first-order valence-electron chi connectivity index (χ1n) is 5.96. The van der Waals surface area contributed by atoms with E-state index in [0.717, 1.165) is 30.0 Å². The minimum atomic E-state index is 0.228. The van der Waals surface area contributed by atoms with Crippen molar-refractivity contribution in [1.82, 2.24) is 5.32 Å². The van der Waals surface area contributed by atoms with Gasteiger partial charge < -0.3 is 10.1 Å². The molecule has 0 radical (unpaired) electrons. The van der Waals surface area contributed by atoms with E-state index in [-0.39, 0.29) is 6.04 Å². The molecule has 0 aromatic heterocycles. The molecule has 1 atom stereocenters. The summed E-state index contributed by atoms with van der Waals surface area (Å²) < 4.78 is 5.41. The second kappa shape index (κ2) is 5.56. The van der Waals surface area contributed by atoms with Crippen molar-refractivity contribution in [3.8, 4) is 0 Å². The van der Waals surface area contributed by atoms with Crippen molar-refractivity contribution >= 4 is 11.6 Å². The van der Waals surface area contributed by atoms with Gasteiger partial charge in [0.2, 0.25) is 0 Å². The van der Waals surface area contributed by atoms with Crippen LogP contribution in [0.25, 0.3) is 0 Å². The van der Waals surface area contributed by atoms with Crippen LogP contribution >= 0.6 is 11.6 Å². The van der Waals surface area contributed by atoms with Gasteiger partial charge in [-0.2, -0.15) is 0 Å². The van der Waals surface area contributed by atoms with Gasteiger partial charge in [-0.3, -0.25) is 0 Å². The highest BCUT2D eigenvalue weighted by Crippen LogP contribution is 2.29. The van der Waals surface area contributed by atoms with E-state index in [0.29, 0.717) is 0 Å². The minimum Gasteiger partial charge on any atom is -0.501 e. The number of nitrogens with one attached hydrogen (secondary N) is 1. The van der Waals surface area contributed by atoms with Crippen molar-refractivity contribution in [2.75, 3.05) is 13.7 Å². The lowest BCUT2D eigenvalue weighted by Gasteiger charge is -2.23. The van der Waals surface area contributed by atoms with Crippen LogP contribution in [-0.2, 0) is 4.74 Å². The molecule has 1 aromatic rings. The number of aryl methyl sites for hydroxylation is 1. The van der Waals surface area contributed by atoms with Crippen LogP contribution in [-0.4, -0.2) is 13.7 Å². The van der Waals surface area contributed by atoms with E-state index in [9.17, 15) is 0 Å². The van der Waals surface area contributed by atoms with E-state index in [4.69, 9.17) is 16.3 Å². The highest BCUT2D eigenvalue weighted by Gasteiger charge is 2.17. The lowest BCUT2D eigenvalue weighted by atomic mass is 9.94. The molecule has 0 bridgehead atoms. The lowest BCUT2D eigenvalue weighted by molar-refractivity contribution is 0.220. The summed E-state index contributed by atoms with van der Waals surface area (Å²) in [6.45, 7) is 2.86. The highest BCUT2D eigenvalue weighted by atomic mass is 35.5. The van der Waals surface area contributed by atoms with Crippen LogP contribution in [0.2, 0.25) is 5.02 Å². The smallest absolute Gasteiger partial charge is 0.0876 e. The minimum absolute atomic E-state index is 0.228. The Labute approximate surface area is 108 Å². The topological polar surface area (TPSA) is 21.3 Å². The van der Waals surface area contributed by atoms with E-state index in [1.54, 1.807) is 0 Å². The average molecular weight is 252 g/mol. The van der Waals surface area contributed by atoms with E-state index in [2.05, 4.69) is 17.4 Å². The first kappa shape index (κ1) is 12.5. The molecule has 2 rings (SSSR count). The maximum atomic E-state index is 6.05. The molecule has 0 aliphatic carbocycles. The third kappa shape index (κ3) is 2.82. The number of hydrogen-bond acceptors (Lipinski definition) is 2. The van der Waals surface area contributed by atoms with E-state index in [1.165, 1.54) is 11.1 Å². The Morgan fingerprint density at radius 3 is 2.82 bits per heavy atom. The van der Waals surface area contributed by atoms with Crippen molar-refractivity contribution in [2.24, 2.45) is 0 Å². The molecule has 17 heavy (non-hydrogen) atoms. The molecule has 0 amide bonds. The lowest BCUT2D eigenvalue weighted by Crippen LogP contribution is -2.20. The average Bonchev–Trinajstić information content (AvgIpc) is 2.36. The van der Waals surface area contributed by atoms with Gasteiger partial charge in [0.25, 0.3) is 0 Å². The number of likely N-dealkylation sites (N-methyl/N-ethyl adjacent to an activating group) is 1. The number of benzene rings is 1. The van der Waals surface area contributed by atoms with Crippen molar-refractivity contribution in [3.63, 3.8) is 0 Å². The summed E-state index contributed by atoms with van der Waals surface area (Å²) >= 11 is 6.05. The van der Waals surface area contributed by atoms with Crippen molar-refractivity contribution in [1.29, 1.82) is 0 Å². The van der Waals surface area contributed by atoms with Crippen LogP contribution in [0.4, 0.5) is 0 Å². The number of rotatable bonds is 3. The summed E-state index contributed by atoms with van der Waals surface area (Å²) in [4.78, 5) is 0. The van der Waals surface area contributed by atoms with Crippen LogP contribution < -0.4 is 5.32 Å². The molecule has 92 valence electrons. The van der Waals surface area contributed by atoms with Crippen LogP contribution in [0.3, 0.4) is 0 Å². The van der Waals surface area contributed by atoms with Crippen LogP contribution in [0, 0.1) is 6.92 Å². The zero-order valence-corrected chi connectivity index (χ0v) is 11.1. The predicted molar refractivity (Wildman–Crippen MR) is 71.3 cm³/mol. The molecule has 1 heterocycles. The Balaban J connectivity index is 2.28. The molecule has 1 aliphatic rings. The van der Waals surface area contributed by atoms with Gasteiger partial charge in [0.05, 0.1) is 18.9 Å². The van der Waals surface area contributed by atoms with Crippen molar-refractivity contribution in [3.05, 3.63) is 46.2 Å². The molecule has 1 N–H and O–H groups in total. The Bertz CT molecular complexity index is 428. The van der Waals surface area contributed by atoms with E-state index >= 15 is 0 Å². The molecule has 3 heteroatoms. The summed E-state index contributed by atoms with van der Waals surface area (Å²) in [6.07, 6.45) is 4.08. The summed E-state index contributed by atoms with van der Waals surface area (Å²) in [5, 5.41) is 4.16. The molecule has 2 nitrogen and oxygen atoms in total. The molecule has 0 saturated heterocycles. The maximum absolute atomic E-state index is 6.05. The van der Waals surface area contributed by atoms with Gasteiger partial charge in [-0.1, -0.05) is 23.7 Å². The highest BCUT2D eigenvalue weighted by molar-refractivity contribution is 6.31. The van der Waals surface area contributed by atoms with Crippen LogP contribution in [0.1, 0.15) is 30.0 Å². The largest absolute Gasteiger partial charge is 0.501 e. The third-order valence-corrected chi connectivity index (χ3v) is 3.56. The molecular weight excluding hydrogens is 234 g/mol. The van der Waals surface area contributed by atoms with Gasteiger partial charge in [-0.25, -0.2) is 0 Å². The van der Waals surface area contributed by atoms with Gasteiger partial charge in [-0.15, -0.1) is 0 Å². The van der Waals surface area contributed by atoms with Crippen LogP contribution in [0.5, 0.6) is 0 Å². The zero-order valence-electron chi connectivity index (χ0n) is 10.3. The summed E-state index contributed by atoms with van der Waals surface area (Å²) in [7, 11) is 1.98. The first-order valence-corrected chi connectivity index (χ1v) is 6.34. The Morgan fingerprint density at radius 2 is 2.24 bits per heavy atom. The van der Waals surface area contributed by atoms with Gasteiger partial charge in [-0.05, 0) is 49.6 Å². The fourth-order valence-electron chi connectivity index (χ4n) is 2.21. The maximum Gasteiger partial charge on any atom is 0.0876 e. The Hall–Kier alpha value is -0.990. The molecule has 1 aliphatic heterocycles. The fraction of sp³-hybridized carbons (Fsp3) is 0.429. The van der Waals surface area contributed by atoms with Gasteiger partial charge in [0.1, 0.15) is 0 Å². The summed E-state index contributed by atoms with van der Waals surface area (Å²) in [6, 6.07) is 6.40. The van der Waals surface area contributed by atoms with Gasteiger partial charge in [0.15, 0.2) is 0 Å². The Morgan fingerprint density at radius 1 is 1.41 bits per heavy atom. The predicted octanol–water partition coefficient (Wildman–Crippen LogP) is 3.60. The molecular formula is C14H18ClNO. The summed E-state index contributed by atoms with van der Waals surface area (Å²) in [5.74, 6) is 0. The van der Waals surface area contributed by atoms with Crippen molar-refractivity contribution in [2.45, 2.75) is 25.8 Å². The quantitative estimate of drug-likeness (QED) is 0.886. The van der Waals surface area contributed by atoms with E-state index in [1.807, 2.05) is 26.3 Å². The van der Waals surface area contributed by atoms with Gasteiger partial charge in [0, 0.05) is 5.02 Å². The third-order valence-electron chi connectivity index (χ3n) is 3.14. The standard InChI is InChI=1S/C14H18ClNO/c1-10-8-11(5-6-13(10)15)14(16-2)12-4-3-7-17-9-12/h5-6,8-9,14,16H,3-4,7H2,1-2H3. The second-order valence-corrected chi connectivity index (χ2v) is 4.80. The fourth-order valence-corrected chi connectivity index (χ4v) is 2.33. The Kier molecular flexibility index (Phi) is 4.08. The summed E-state index contributed by atoms with van der Waals surface area (Å²) in [5.41, 5.74) is 3.66. The normalized spacial score (nSPS) is 17.2. The number of halogens is 1. The molecule has 1 aromatic carbocycles. The molecule has 1 unspecified atom stereocenters. The monoisotopic (exact) mass is 251 g/mol. The molecule has 0 saturated carbocycles. The molecule has 0 fully saturated rings. The second-order valence-electron chi connectivity index (χ2n) is 4.40. The van der Waals surface area contributed by atoms with E-state index < -0.39 is 0 Å². The van der Waals surface area contributed by atoms with Crippen LogP contribution in [0.15, 0.2) is 30.0 Å². The number of ether oxygens (including phenoxy) is 1. The number of hydrogen-bond donors (Lipinski definition) is 1. The zero-order chi connectivity index (χ0) is 12.3. The van der Waals surface area contributed by atoms with Crippen molar-refractivity contribution < 1.29 is 4.74 Å². The first-order chi connectivity index (χ1) is 8.22. The SMILES string of the molecule is CNC(C1=COCCC1)c1ccc(Cl)c(C)c1. The molecule has 0 spiro atoms.